The monoisotopic (exact) mass is 290 g/mol. The lowest BCUT2D eigenvalue weighted by atomic mass is 9.68. The Kier molecular flexibility index (Phi) is 3.52. The highest BCUT2D eigenvalue weighted by Crippen LogP contribution is 2.49. The fraction of sp³-hybridized carbons (Fsp3) is 0.944. The van der Waals surface area contributed by atoms with Crippen LogP contribution in [0.4, 0.5) is 0 Å². The van der Waals surface area contributed by atoms with Gasteiger partial charge >= 0.3 is 0 Å². The minimum absolute atomic E-state index is 0.154. The third kappa shape index (κ3) is 2.32. The van der Waals surface area contributed by atoms with Crippen molar-refractivity contribution in [1.29, 1.82) is 0 Å². The zero-order valence-corrected chi connectivity index (χ0v) is 13.2. The summed E-state index contributed by atoms with van der Waals surface area (Å²) in [7, 11) is 0. The number of nitrogens with two attached hydrogens (primary N) is 1. The molecule has 21 heavy (non-hydrogen) atoms. The molecular formula is C18H30N2O. The Hall–Kier alpha value is -0.570. The molecule has 3 saturated carbocycles. The van der Waals surface area contributed by atoms with Crippen molar-refractivity contribution < 1.29 is 4.79 Å². The van der Waals surface area contributed by atoms with E-state index in [-0.39, 0.29) is 12.0 Å². The molecular weight excluding hydrogens is 260 g/mol. The molecule has 4 aliphatic rings. The van der Waals surface area contributed by atoms with E-state index in [1.165, 1.54) is 64.2 Å². The molecule has 3 heteroatoms. The molecule has 1 saturated heterocycles. The largest absolute Gasteiger partial charge is 0.342 e. The lowest BCUT2D eigenvalue weighted by Gasteiger charge is -2.45. The van der Waals surface area contributed by atoms with Crippen LogP contribution in [-0.4, -0.2) is 29.9 Å². The first kappa shape index (κ1) is 14.0. The van der Waals surface area contributed by atoms with Crippen LogP contribution in [0, 0.1) is 23.2 Å². The van der Waals surface area contributed by atoms with Crippen LogP contribution in [-0.2, 0) is 4.79 Å². The van der Waals surface area contributed by atoms with Crippen molar-refractivity contribution in [3.8, 4) is 0 Å². The van der Waals surface area contributed by atoms with Gasteiger partial charge in [0.25, 0.3) is 0 Å². The Morgan fingerprint density at radius 2 is 1.62 bits per heavy atom. The van der Waals surface area contributed by atoms with E-state index in [9.17, 15) is 4.79 Å². The summed E-state index contributed by atoms with van der Waals surface area (Å²) < 4.78 is 0. The Morgan fingerprint density at radius 1 is 0.952 bits per heavy atom. The van der Waals surface area contributed by atoms with E-state index in [2.05, 4.69) is 4.90 Å². The molecule has 0 aromatic carbocycles. The molecule has 1 aliphatic heterocycles. The molecule has 4 rings (SSSR count). The number of nitrogens with zero attached hydrogens (tertiary/aromatic N) is 1. The first-order chi connectivity index (χ1) is 10.2. The van der Waals surface area contributed by atoms with Gasteiger partial charge in [0.05, 0.1) is 5.92 Å². The lowest BCUT2D eigenvalue weighted by molar-refractivity contribution is -0.140. The molecule has 0 aromatic heterocycles. The van der Waals surface area contributed by atoms with Crippen molar-refractivity contribution in [3.05, 3.63) is 0 Å². The molecule has 4 unspecified atom stereocenters. The molecule has 118 valence electrons. The second-order valence-electron chi connectivity index (χ2n) is 8.32. The maximum absolute atomic E-state index is 12.9. The zero-order valence-electron chi connectivity index (χ0n) is 13.2. The number of amides is 1. The molecule has 1 amide bonds. The van der Waals surface area contributed by atoms with Gasteiger partial charge in [-0.3, -0.25) is 4.79 Å². The molecule has 2 bridgehead atoms. The molecule has 3 nitrogen and oxygen atoms in total. The summed E-state index contributed by atoms with van der Waals surface area (Å²) in [4.78, 5) is 15.1. The van der Waals surface area contributed by atoms with Gasteiger partial charge in [-0.25, -0.2) is 0 Å². The quantitative estimate of drug-likeness (QED) is 0.807. The lowest BCUT2D eigenvalue weighted by Crippen LogP contribution is -2.51. The van der Waals surface area contributed by atoms with Crippen LogP contribution < -0.4 is 5.73 Å². The normalized spacial score (nSPS) is 41.7. The third-order valence-corrected chi connectivity index (χ3v) is 7.32. The maximum Gasteiger partial charge on any atom is 0.227 e. The second-order valence-corrected chi connectivity index (χ2v) is 8.32. The summed E-state index contributed by atoms with van der Waals surface area (Å²) in [5.74, 6) is 1.80. The smallest absolute Gasteiger partial charge is 0.227 e. The number of piperidine rings is 1. The van der Waals surface area contributed by atoms with Crippen molar-refractivity contribution in [2.45, 2.75) is 70.3 Å². The number of fused-ring (bicyclic) bond motifs is 2. The van der Waals surface area contributed by atoms with Crippen LogP contribution in [0.3, 0.4) is 0 Å². The molecule has 1 spiro atoms. The van der Waals surface area contributed by atoms with Crippen molar-refractivity contribution in [2.24, 2.45) is 28.9 Å². The van der Waals surface area contributed by atoms with Crippen molar-refractivity contribution in [3.63, 3.8) is 0 Å². The van der Waals surface area contributed by atoms with Crippen LogP contribution in [0.5, 0.6) is 0 Å². The van der Waals surface area contributed by atoms with E-state index in [0.29, 0.717) is 23.2 Å². The second kappa shape index (κ2) is 5.26. The van der Waals surface area contributed by atoms with Gasteiger partial charge in [0.1, 0.15) is 0 Å². The summed E-state index contributed by atoms with van der Waals surface area (Å²) in [6.07, 6.45) is 13.3. The first-order valence-electron chi connectivity index (χ1n) is 9.23. The van der Waals surface area contributed by atoms with E-state index in [1.54, 1.807) is 0 Å². The van der Waals surface area contributed by atoms with Crippen LogP contribution in [0.1, 0.15) is 64.2 Å². The highest BCUT2D eigenvalue weighted by Gasteiger charge is 2.50. The third-order valence-electron chi connectivity index (χ3n) is 7.32. The molecule has 2 N–H and O–H groups in total. The standard InChI is InChI=1S/C18H30N2O/c19-16-14-5-4-13(12-14)15(16)17(21)20-10-8-18(9-11-20)6-2-1-3-7-18/h13-16H,1-12,19H2. The molecule has 4 fully saturated rings. The summed E-state index contributed by atoms with van der Waals surface area (Å²) >= 11 is 0. The van der Waals surface area contributed by atoms with E-state index in [4.69, 9.17) is 5.73 Å². The molecule has 1 heterocycles. The van der Waals surface area contributed by atoms with E-state index < -0.39 is 0 Å². The minimum Gasteiger partial charge on any atom is -0.342 e. The van der Waals surface area contributed by atoms with Crippen LogP contribution in [0.15, 0.2) is 0 Å². The Bertz CT molecular complexity index is 403. The summed E-state index contributed by atoms with van der Waals surface area (Å²) in [6.45, 7) is 2.00. The molecule has 4 atom stereocenters. The van der Waals surface area contributed by atoms with Gasteiger partial charge in [0.15, 0.2) is 0 Å². The van der Waals surface area contributed by atoms with Crippen molar-refractivity contribution in [2.75, 3.05) is 13.1 Å². The van der Waals surface area contributed by atoms with Gasteiger partial charge in [-0.05, 0) is 62.2 Å². The fourth-order valence-corrected chi connectivity index (χ4v) is 5.92. The zero-order chi connectivity index (χ0) is 14.4. The predicted octanol–water partition coefficient (Wildman–Crippen LogP) is 2.93. The number of rotatable bonds is 1. The van der Waals surface area contributed by atoms with E-state index >= 15 is 0 Å². The van der Waals surface area contributed by atoms with Gasteiger partial charge < -0.3 is 10.6 Å². The van der Waals surface area contributed by atoms with Crippen LogP contribution in [0.25, 0.3) is 0 Å². The van der Waals surface area contributed by atoms with Crippen molar-refractivity contribution >= 4 is 5.91 Å². The summed E-state index contributed by atoms with van der Waals surface area (Å²) in [5, 5.41) is 0. The van der Waals surface area contributed by atoms with Gasteiger partial charge in [-0.1, -0.05) is 19.3 Å². The van der Waals surface area contributed by atoms with Crippen molar-refractivity contribution in [1.82, 2.24) is 4.90 Å². The predicted molar refractivity (Wildman–Crippen MR) is 83.6 cm³/mol. The number of hydrogen-bond acceptors (Lipinski definition) is 2. The van der Waals surface area contributed by atoms with E-state index in [1.807, 2.05) is 0 Å². The highest BCUT2D eigenvalue weighted by molar-refractivity contribution is 5.80. The topological polar surface area (TPSA) is 46.3 Å². The maximum atomic E-state index is 12.9. The molecule has 3 aliphatic carbocycles. The Balaban J connectivity index is 1.38. The van der Waals surface area contributed by atoms with Gasteiger partial charge in [-0.15, -0.1) is 0 Å². The number of likely N-dealkylation sites (tertiary alicyclic amines) is 1. The first-order valence-corrected chi connectivity index (χ1v) is 9.23. The minimum atomic E-state index is 0.154. The number of carbonyl (C=O) groups is 1. The fourth-order valence-electron chi connectivity index (χ4n) is 5.92. The SMILES string of the molecule is NC1C2CCC(C2)C1C(=O)N1CCC2(CCCCC2)CC1. The van der Waals surface area contributed by atoms with Gasteiger partial charge in [-0.2, -0.15) is 0 Å². The molecule has 0 aromatic rings. The van der Waals surface area contributed by atoms with E-state index in [0.717, 1.165) is 13.1 Å². The van der Waals surface area contributed by atoms with Gasteiger partial charge in [0, 0.05) is 19.1 Å². The number of hydrogen-bond donors (Lipinski definition) is 1. The van der Waals surface area contributed by atoms with Crippen LogP contribution in [0.2, 0.25) is 0 Å². The molecule has 0 radical (unpaired) electrons. The summed E-state index contributed by atoms with van der Waals surface area (Å²) in [6, 6.07) is 0.154. The average Bonchev–Trinajstić information content (AvgIpc) is 3.09. The Labute approximate surface area is 128 Å². The average molecular weight is 290 g/mol. The summed E-state index contributed by atoms with van der Waals surface area (Å²) in [5.41, 5.74) is 6.95. The number of carbonyl (C=O) groups excluding carboxylic acids is 1. The Morgan fingerprint density at radius 3 is 2.24 bits per heavy atom. The van der Waals surface area contributed by atoms with Crippen LogP contribution >= 0.6 is 0 Å². The van der Waals surface area contributed by atoms with Gasteiger partial charge in [0.2, 0.25) is 5.91 Å². The highest BCUT2D eigenvalue weighted by atomic mass is 16.2.